The van der Waals surface area contributed by atoms with Crippen molar-refractivity contribution in [3.05, 3.63) is 22.4 Å². The van der Waals surface area contributed by atoms with Gasteiger partial charge in [0.1, 0.15) is 0 Å². The molecule has 0 bridgehead atoms. The van der Waals surface area contributed by atoms with Gasteiger partial charge in [0.15, 0.2) is 9.84 Å². The third-order valence-corrected chi connectivity index (χ3v) is 6.68. The molecule has 2 unspecified atom stereocenters. The standard InChI is InChI=1S/C15H25NO2S2/c1-2-7-16-10-14(4-3-13-5-8-19-11-13)15-6-9-20(17,18)12-15/h5,8,11,14-16H,2-4,6-7,9-10,12H2,1H3. The monoisotopic (exact) mass is 315 g/mol. The summed E-state index contributed by atoms with van der Waals surface area (Å²) in [5, 5.41) is 7.78. The van der Waals surface area contributed by atoms with Crippen LogP contribution in [0, 0.1) is 11.8 Å². The number of hydrogen-bond donors (Lipinski definition) is 1. The highest BCUT2D eigenvalue weighted by Crippen LogP contribution is 2.29. The second-order valence-corrected chi connectivity index (χ2v) is 8.81. The zero-order chi connectivity index (χ0) is 14.4. The zero-order valence-electron chi connectivity index (χ0n) is 12.2. The zero-order valence-corrected chi connectivity index (χ0v) is 13.8. The van der Waals surface area contributed by atoms with Crippen LogP contribution in [0.4, 0.5) is 0 Å². The molecule has 2 heterocycles. The maximum absolute atomic E-state index is 11.7. The van der Waals surface area contributed by atoms with Gasteiger partial charge in [-0.05, 0) is 73.0 Å². The summed E-state index contributed by atoms with van der Waals surface area (Å²) in [5.41, 5.74) is 1.39. The van der Waals surface area contributed by atoms with Crippen LogP contribution in [0.25, 0.3) is 0 Å². The van der Waals surface area contributed by atoms with Crippen LogP contribution in [0.3, 0.4) is 0 Å². The molecule has 1 N–H and O–H groups in total. The summed E-state index contributed by atoms with van der Waals surface area (Å²) >= 11 is 1.73. The summed E-state index contributed by atoms with van der Waals surface area (Å²) in [4.78, 5) is 0. The first-order valence-corrected chi connectivity index (χ1v) is 10.3. The molecule has 1 aliphatic rings. The number of aryl methyl sites for hydroxylation is 1. The summed E-state index contributed by atoms with van der Waals surface area (Å²) in [5.74, 6) is 1.62. The molecule has 1 aromatic heterocycles. The molecule has 0 aromatic carbocycles. The number of rotatable bonds is 8. The SMILES string of the molecule is CCCNCC(CCc1ccsc1)C1CCS(=O)(=O)C1. The average Bonchev–Trinajstić information content (AvgIpc) is 3.03. The van der Waals surface area contributed by atoms with Crippen molar-refractivity contribution < 1.29 is 8.42 Å². The molecular weight excluding hydrogens is 290 g/mol. The molecule has 1 aromatic rings. The van der Waals surface area contributed by atoms with E-state index in [1.165, 1.54) is 5.56 Å². The molecule has 0 saturated carbocycles. The van der Waals surface area contributed by atoms with Crippen molar-refractivity contribution in [3.63, 3.8) is 0 Å². The lowest BCUT2D eigenvalue weighted by atomic mass is 9.87. The Morgan fingerprint density at radius 3 is 2.95 bits per heavy atom. The van der Waals surface area contributed by atoms with Gasteiger partial charge in [0.25, 0.3) is 0 Å². The fourth-order valence-electron chi connectivity index (χ4n) is 2.95. The highest BCUT2D eigenvalue weighted by molar-refractivity contribution is 7.91. The van der Waals surface area contributed by atoms with E-state index in [2.05, 4.69) is 29.1 Å². The van der Waals surface area contributed by atoms with Gasteiger partial charge >= 0.3 is 0 Å². The number of thiophene rings is 1. The summed E-state index contributed by atoms with van der Waals surface area (Å²) in [6, 6.07) is 2.17. The summed E-state index contributed by atoms with van der Waals surface area (Å²) in [6.45, 7) is 4.14. The van der Waals surface area contributed by atoms with E-state index in [1.54, 1.807) is 11.3 Å². The number of hydrogen-bond acceptors (Lipinski definition) is 4. The van der Waals surface area contributed by atoms with E-state index in [9.17, 15) is 8.42 Å². The lowest BCUT2D eigenvalue weighted by molar-refractivity contribution is 0.326. The summed E-state index contributed by atoms with van der Waals surface area (Å²) < 4.78 is 23.4. The largest absolute Gasteiger partial charge is 0.316 e. The van der Waals surface area contributed by atoms with E-state index in [1.807, 2.05) is 0 Å². The first kappa shape index (κ1) is 16.0. The number of nitrogens with one attached hydrogen (secondary N) is 1. The van der Waals surface area contributed by atoms with E-state index in [0.29, 0.717) is 23.3 Å². The minimum Gasteiger partial charge on any atom is -0.316 e. The molecule has 0 radical (unpaired) electrons. The van der Waals surface area contributed by atoms with E-state index in [4.69, 9.17) is 0 Å². The Morgan fingerprint density at radius 1 is 1.50 bits per heavy atom. The van der Waals surface area contributed by atoms with Gasteiger partial charge in [-0.3, -0.25) is 0 Å². The minimum absolute atomic E-state index is 0.350. The van der Waals surface area contributed by atoms with Crippen LogP contribution in [-0.4, -0.2) is 33.0 Å². The molecule has 0 spiro atoms. The molecule has 1 aliphatic heterocycles. The second-order valence-electron chi connectivity index (χ2n) is 5.80. The lowest BCUT2D eigenvalue weighted by Crippen LogP contribution is -2.30. The van der Waals surface area contributed by atoms with Crippen molar-refractivity contribution in [2.24, 2.45) is 11.8 Å². The first-order chi connectivity index (χ1) is 9.61. The predicted octanol–water partition coefficient (Wildman–Crippen LogP) is 2.73. The van der Waals surface area contributed by atoms with Gasteiger partial charge in [0.05, 0.1) is 11.5 Å². The van der Waals surface area contributed by atoms with Gasteiger partial charge in [-0.1, -0.05) is 6.92 Å². The van der Waals surface area contributed by atoms with Crippen molar-refractivity contribution in [1.82, 2.24) is 5.32 Å². The quantitative estimate of drug-likeness (QED) is 0.750. The van der Waals surface area contributed by atoms with E-state index in [-0.39, 0.29) is 0 Å². The minimum atomic E-state index is -2.77. The highest BCUT2D eigenvalue weighted by Gasteiger charge is 2.33. The fraction of sp³-hybridized carbons (Fsp3) is 0.733. The topological polar surface area (TPSA) is 46.2 Å². The van der Waals surface area contributed by atoms with Crippen molar-refractivity contribution in [2.75, 3.05) is 24.6 Å². The third-order valence-electron chi connectivity index (χ3n) is 4.15. The van der Waals surface area contributed by atoms with Gasteiger partial charge in [-0.15, -0.1) is 0 Å². The predicted molar refractivity (Wildman–Crippen MR) is 86.1 cm³/mol. The molecule has 114 valence electrons. The molecule has 2 rings (SSSR count). The molecule has 0 amide bonds. The average molecular weight is 316 g/mol. The van der Waals surface area contributed by atoms with Gasteiger partial charge < -0.3 is 5.32 Å². The highest BCUT2D eigenvalue weighted by atomic mass is 32.2. The number of sulfone groups is 1. The van der Waals surface area contributed by atoms with Crippen LogP contribution in [0.5, 0.6) is 0 Å². The van der Waals surface area contributed by atoms with E-state index in [0.717, 1.165) is 38.8 Å². The van der Waals surface area contributed by atoms with Gasteiger partial charge in [0.2, 0.25) is 0 Å². The van der Waals surface area contributed by atoms with Crippen LogP contribution < -0.4 is 5.32 Å². The van der Waals surface area contributed by atoms with Crippen molar-refractivity contribution in [3.8, 4) is 0 Å². The Bertz CT molecular complexity index is 482. The Kier molecular flexibility index (Phi) is 6.05. The molecule has 1 saturated heterocycles. The van der Waals surface area contributed by atoms with Gasteiger partial charge in [-0.25, -0.2) is 8.42 Å². The maximum Gasteiger partial charge on any atom is 0.150 e. The Labute approximate surface area is 126 Å². The molecular formula is C15H25NO2S2. The van der Waals surface area contributed by atoms with Crippen molar-refractivity contribution in [1.29, 1.82) is 0 Å². The van der Waals surface area contributed by atoms with Crippen LogP contribution in [-0.2, 0) is 16.3 Å². The maximum atomic E-state index is 11.7. The molecule has 1 fully saturated rings. The van der Waals surface area contributed by atoms with Gasteiger partial charge in [-0.2, -0.15) is 11.3 Å². The third kappa shape index (κ3) is 4.86. The van der Waals surface area contributed by atoms with E-state index < -0.39 is 9.84 Å². The first-order valence-electron chi connectivity index (χ1n) is 7.53. The van der Waals surface area contributed by atoms with E-state index >= 15 is 0 Å². The Hall–Kier alpha value is -0.390. The molecule has 5 heteroatoms. The van der Waals surface area contributed by atoms with Crippen molar-refractivity contribution >= 4 is 21.2 Å². The molecule has 20 heavy (non-hydrogen) atoms. The summed E-state index contributed by atoms with van der Waals surface area (Å²) in [7, 11) is -2.77. The fourth-order valence-corrected chi connectivity index (χ4v) is 5.57. The Morgan fingerprint density at radius 2 is 2.35 bits per heavy atom. The smallest absolute Gasteiger partial charge is 0.150 e. The molecule has 0 aliphatic carbocycles. The molecule has 2 atom stereocenters. The van der Waals surface area contributed by atoms with Crippen molar-refractivity contribution in [2.45, 2.75) is 32.6 Å². The van der Waals surface area contributed by atoms with Crippen LogP contribution in [0.1, 0.15) is 31.7 Å². The lowest BCUT2D eigenvalue weighted by Gasteiger charge is -2.23. The normalized spacial score (nSPS) is 22.9. The van der Waals surface area contributed by atoms with Crippen LogP contribution in [0.2, 0.25) is 0 Å². The summed E-state index contributed by atoms with van der Waals surface area (Å²) in [6.07, 6.45) is 4.14. The van der Waals surface area contributed by atoms with Gasteiger partial charge in [0, 0.05) is 0 Å². The van der Waals surface area contributed by atoms with Crippen LogP contribution >= 0.6 is 11.3 Å². The molecule has 3 nitrogen and oxygen atoms in total. The second kappa shape index (κ2) is 7.57. The Balaban J connectivity index is 1.89. The van der Waals surface area contributed by atoms with Crippen LogP contribution in [0.15, 0.2) is 16.8 Å².